The van der Waals surface area contributed by atoms with Gasteiger partial charge in [-0.2, -0.15) is 5.10 Å². The lowest BCUT2D eigenvalue weighted by atomic mass is 10.0. The van der Waals surface area contributed by atoms with Crippen LogP contribution in [0, 0.1) is 0 Å². The van der Waals surface area contributed by atoms with Crippen molar-refractivity contribution in [3.05, 3.63) is 82.5 Å². The van der Waals surface area contributed by atoms with E-state index in [1.54, 1.807) is 0 Å². The van der Waals surface area contributed by atoms with Crippen molar-refractivity contribution < 1.29 is 9.59 Å². The van der Waals surface area contributed by atoms with Crippen molar-refractivity contribution in [1.29, 1.82) is 0 Å². The van der Waals surface area contributed by atoms with E-state index in [1.165, 1.54) is 11.1 Å². The molecule has 1 fully saturated rings. The summed E-state index contributed by atoms with van der Waals surface area (Å²) in [5.41, 5.74) is 4.16. The molecule has 2 atom stereocenters. The number of anilines is 1. The average Bonchev–Trinajstić information content (AvgIpc) is 3.38. The first-order valence-corrected chi connectivity index (χ1v) is 11.5. The number of nitrogens with zero attached hydrogens (tertiary/aromatic N) is 2. The number of hydrogen-bond acceptors (Lipinski definition) is 3. The molecule has 0 bridgehead atoms. The molecule has 1 saturated carbocycles. The molecule has 1 aliphatic heterocycles. The first-order valence-electron chi connectivity index (χ1n) is 11.5. The molecule has 5 rings (SSSR count). The highest BCUT2D eigenvalue weighted by molar-refractivity contribution is 6.04. The zero-order valence-electron chi connectivity index (χ0n) is 19.2. The van der Waals surface area contributed by atoms with Gasteiger partial charge in [0.2, 0.25) is 0 Å². The van der Waals surface area contributed by atoms with E-state index in [4.69, 9.17) is 0 Å². The maximum absolute atomic E-state index is 13.2. The summed E-state index contributed by atoms with van der Waals surface area (Å²) in [4.78, 5) is 27.7. The van der Waals surface area contributed by atoms with E-state index in [-0.39, 0.29) is 18.0 Å². The quantitative estimate of drug-likeness (QED) is 0.541. The fourth-order valence-corrected chi connectivity index (χ4v) is 4.68. The number of H-pyrrole nitrogens is 1. The SMILES string of the molecule is CCc1ccc(C(=O)Nc2n[nH]c3c2CN(C(=O)NC2CC2c2ccccc2)C3(C)C)cc1. The average molecular weight is 444 g/mol. The highest BCUT2D eigenvalue weighted by atomic mass is 16.2. The monoisotopic (exact) mass is 443 g/mol. The Morgan fingerprint density at radius 2 is 1.85 bits per heavy atom. The van der Waals surface area contributed by atoms with Crippen LogP contribution in [-0.2, 0) is 18.5 Å². The first kappa shape index (κ1) is 21.2. The second-order valence-corrected chi connectivity index (χ2v) is 9.38. The van der Waals surface area contributed by atoms with Gasteiger partial charge >= 0.3 is 6.03 Å². The maximum atomic E-state index is 13.2. The molecule has 2 heterocycles. The van der Waals surface area contributed by atoms with Gasteiger partial charge in [0.15, 0.2) is 5.82 Å². The molecule has 0 saturated heterocycles. The minimum atomic E-state index is -0.560. The van der Waals surface area contributed by atoms with Crippen LogP contribution in [0.2, 0.25) is 0 Å². The summed E-state index contributed by atoms with van der Waals surface area (Å²) in [7, 11) is 0. The number of aryl methyl sites for hydroxylation is 1. The summed E-state index contributed by atoms with van der Waals surface area (Å²) < 4.78 is 0. The lowest BCUT2D eigenvalue weighted by Gasteiger charge is -2.32. The molecule has 7 nitrogen and oxygen atoms in total. The number of carbonyl (C=O) groups is 2. The predicted molar refractivity (Wildman–Crippen MR) is 127 cm³/mol. The number of fused-ring (bicyclic) bond motifs is 1. The zero-order valence-corrected chi connectivity index (χ0v) is 19.2. The van der Waals surface area contributed by atoms with Gasteiger partial charge in [0.1, 0.15) is 0 Å². The molecule has 3 amide bonds. The largest absolute Gasteiger partial charge is 0.335 e. The lowest BCUT2D eigenvalue weighted by molar-refractivity contribution is 0.102. The molecule has 0 radical (unpaired) electrons. The first-order chi connectivity index (χ1) is 15.9. The van der Waals surface area contributed by atoms with E-state index >= 15 is 0 Å². The Kier molecular flexibility index (Phi) is 5.19. The van der Waals surface area contributed by atoms with E-state index in [0.717, 1.165) is 24.1 Å². The van der Waals surface area contributed by atoms with Gasteiger partial charge in [0.25, 0.3) is 5.91 Å². The third-order valence-corrected chi connectivity index (χ3v) is 6.90. The van der Waals surface area contributed by atoms with Gasteiger partial charge in [0.05, 0.1) is 17.8 Å². The van der Waals surface area contributed by atoms with Crippen molar-refractivity contribution >= 4 is 17.8 Å². The van der Waals surface area contributed by atoms with Gasteiger partial charge in [-0.05, 0) is 49.9 Å². The van der Waals surface area contributed by atoms with E-state index < -0.39 is 5.54 Å². The normalized spacial score (nSPS) is 20.3. The van der Waals surface area contributed by atoms with Crippen LogP contribution in [0.15, 0.2) is 54.6 Å². The van der Waals surface area contributed by atoms with Crippen LogP contribution in [0.25, 0.3) is 0 Å². The third kappa shape index (κ3) is 3.88. The van der Waals surface area contributed by atoms with E-state index in [2.05, 4.69) is 39.9 Å². The fourth-order valence-electron chi connectivity index (χ4n) is 4.68. The van der Waals surface area contributed by atoms with Gasteiger partial charge in [-0.25, -0.2) is 4.79 Å². The highest BCUT2D eigenvalue weighted by Gasteiger charge is 2.46. The summed E-state index contributed by atoms with van der Waals surface area (Å²) in [6.45, 7) is 6.45. The summed E-state index contributed by atoms with van der Waals surface area (Å²) in [6.07, 6.45) is 1.88. The van der Waals surface area contributed by atoms with E-state index in [1.807, 2.05) is 61.2 Å². The number of nitrogens with one attached hydrogen (secondary N) is 3. The van der Waals surface area contributed by atoms with Crippen molar-refractivity contribution in [2.24, 2.45) is 0 Å². The number of amides is 3. The fraction of sp³-hybridized carbons (Fsp3) is 0.346. The van der Waals surface area contributed by atoms with Crippen molar-refractivity contribution in [2.75, 3.05) is 5.32 Å². The molecule has 1 aliphatic carbocycles. The minimum absolute atomic E-state index is 0.0968. The topological polar surface area (TPSA) is 90.1 Å². The van der Waals surface area contributed by atoms with Crippen molar-refractivity contribution in [3.8, 4) is 0 Å². The smallest absolute Gasteiger partial charge is 0.318 e. The maximum Gasteiger partial charge on any atom is 0.318 e. The van der Waals surface area contributed by atoms with Crippen molar-refractivity contribution in [1.82, 2.24) is 20.4 Å². The second kappa shape index (κ2) is 8.06. The van der Waals surface area contributed by atoms with Gasteiger partial charge in [0, 0.05) is 23.1 Å². The number of benzene rings is 2. The molecule has 7 heteroatoms. The summed E-state index contributed by atoms with van der Waals surface area (Å²) in [6, 6.07) is 17.9. The van der Waals surface area contributed by atoms with Gasteiger partial charge in [-0.1, -0.05) is 49.4 Å². The minimum Gasteiger partial charge on any atom is -0.335 e. The molecular formula is C26H29N5O2. The predicted octanol–water partition coefficient (Wildman–Crippen LogP) is 4.54. The summed E-state index contributed by atoms with van der Waals surface area (Å²) in [5, 5.41) is 13.5. The molecule has 170 valence electrons. The molecule has 2 unspecified atom stereocenters. The highest BCUT2D eigenvalue weighted by Crippen LogP contribution is 2.43. The van der Waals surface area contributed by atoms with E-state index in [9.17, 15) is 9.59 Å². The lowest BCUT2D eigenvalue weighted by Crippen LogP contribution is -2.47. The molecule has 1 aromatic heterocycles. The Morgan fingerprint density at radius 3 is 2.55 bits per heavy atom. The third-order valence-electron chi connectivity index (χ3n) is 6.90. The van der Waals surface area contributed by atoms with E-state index in [0.29, 0.717) is 23.8 Å². The van der Waals surface area contributed by atoms with Gasteiger partial charge in [-0.15, -0.1) is 0 Å². The van der Waals surface area contributed by atoms with Crippen LogP contribution < -0.4 is 10.6 Å². The Labute approximate surface area is 193 Å². The Bertz CT molecular complexity index is 1180. The number of hydrogen-bond donors (Lipinski definition) is 3. The van der Waals surface area contributed by atoms with Gasteiger partial charge < -0.3 is 15.5 Å². The number of carbonyl (C=O) groups excluding carboxylic acids is 2. The van der Waals surface area contributed by atoms with Crippen LogP contribution in [0.3, 0.4) is 0 Å². The zero-order chi connectivity index (χ0) is 23.2. The molecule has 3 N–H and O–H groups in total. The van der Waals surface area contributed by atoms with Crippen molar-refractivity contribution in [3.63, 3.8) is 0 Å². The molecule has 2 aromatic carbocycles. The summed E-state index contributed by atoms with van der Waals surface area (Å²) >= 11 is 0. The molecule has 0 spiro atoms. The van der Waals surface area contributed by atoms with Crippen LogP contribution in [0.5, 0.6) is 0 Å². The second-order valence-electron chi connectivity index (χ2n) is 9.38. The van der Waals surface area contributed by atoms with Crippen LogP contribution in [0.4, 0.5) is 10.6 Å². The molecule has 3 aromatic rings. The Morgan fingerprint density at radius 1 is 1.12 bits per heavy atom. The summed E-state index contributed by atoms with van der Waals surface area (Å²) in [5.74, 6) is 0.636. The molecular weight excluding hydrogens is 414 g/mol. The Hall–Kier alpha value is -3.61. The standard InChI is InChI=1S/C26H29N5O2/c1-4-16-10-12-18(13-11-16)24(32)28-23-20-15-31(26(2,3)22(20)29-30-23)25(33)27-21-14-19(21)17-8-6-5-7-9-17/h5-13,19,21H,4,14-15H2,1-3H3,(H,27,33)(H2,28,29,30,32). The number of aromatic amines is 1. The number of aromatic nitrogens is 2. The molecule has 2 aliphatic rings. The van der Waals surface area contributed by atoms with Crippen LogP contribution in [-0.4, -0.2) is 33.1 Å². The molecule has 33 heavy (non-hydrogen) atoms. The van der Waals surface area contributed by atoms with Crippen LogP contribution >= 0.6 is 0 Å². The van der Waals surface area contributed by atoms with Crippen molar-refractivity contribution in [2.45, 2.75) is 57.7 Å². The van der Waals surface area contributed by atoms with Crippen LogP contribution in [0.1, 0.15) is 65.9 Å². The number of urea groups is 1. The van der Waals surface area contributed by atoms with Gasteiger partial charge in [-0.3, -0.25) is 9.89 Å². The Balaban J connectivity index is 1.27. The number of rotatable bonds is 5.